The zero-order valence-electron chi connectivity index (χ0n) is 23.0. The number of carbonyl (C=O) groups is 2. The maximum atomic E-state index is 12.6. The summed E-state index contributed by atoms with van der Waals surface area (Å²) < 4.78 is 23.0. The molecule has 3 amide bonds. The van der Waals surface area contributed by atoms with E-state index in [-0.39, 0.29) is 23.9 Å². The summed E-state index contributed by atoms with van der Waals surface area (Å²) >= 11 is 0. The molecule has 0 bridgehead atoms. The predicted molar refractivity (Wildman–Crippen MR) is 149 cm³/mol. The number of amides is 3. The van der Waals surface area contributed by atoms with Crippen molar-refractivity contribution >= 4 is 34.5 Å². The van der Waals surface area contributed by atoms with Gasteiger partial charge >= 0.3 is 12.1 Å². The number of nitrogens with one attached hydrogen (secondary N) is 2. The number of anilines is 2. The minimum absolute atomic E-state index is 0.240. The fraction of sp³-hybridized carbons (Fsp3) is 0.321. The van der Waals surface area contributed by atoms with E-state index in [1.807, 2.05) is 20.8 Å². The molecule has 13 heteroatoms. The largest absolute Gasteiger partial charge is 0.493 e. The third kappa shape index (κ3) is 6.40. The fourth-order valence-electron chi connectivity index (χ4n) is 4.27. The Morgan fingerprint density at radius 1 is 1.10 bits per heavy atom. The van der Waals surface area contributed by atoms with Gasteiger partial charge in [0.25, 0.3) is 0 Å². The number of likely N-dealkylation sites (tertiary alicyclic amines) is 1. The second-order valence-electron chi connectivity index (χ2n) is 10.5. The number of benzene rings is 2. The molecule has 1 fully saturated rings. The summed E-state index contributed by atoms with van der Waals surface area (Å²) in [6.07, 6.45) is 0.632. The number of urea groups is 1. The molecule has 214 valence electrons. The monoisotopic (exact) mass is 562 g/mol. The van der Waals surface area contributed by atoms with Crippen LogP contribution < -0.4 is 24.8 Å². The number of methoxy groups -OCH3 is 1. The summed E-state index contributed by atoms with van der Waals surface area (Å²) in [5.74, 6) is 2.51. The summed E-state index contributed by atoms with van der Waals surface area (Å²) in [7, 11) is 1.52. The molecule has 0 radical (unpaired) electrons. The molecule has 3 heterocycles. The lowest BCUT2D eigenvalue weighted by Gasteiger charge is -2.17. The molecular weight excluding hydrogens is 532 g/mol. The molecule has 1 saturated heterocycles. The third-order valence-electron chi connectivity index (χ3n) is 6.39. The van der Waals surface area contributed by atoms with E-state index in [0.717, 1.165) is 0 Å². The maximum absolute atomic E-state index is 12.6. The Labute approximate surface area is 235 Å². The average Bonchev–Trinajstić information content (AvgIpc) is 3.59. The Morgan fingerprint density at radius 2 is 1.93 bits per heavy atom. The molecular formula is C28H30N6O7. The molecule has 1 aliphatic heterocycles. The van der Waals surface area contributed by atoms with Crippen LogP contribution in [0.25, 0.3) is 10.9 Å². The Bertz CT molecular complexity index is 1580. The van der Waals surface area contributed by atoms with Crippen molar-refractivity contribution in [1.29, 1.82) is 0 Å². The van der Waals surface area contributed by atoms with Gasteiger partial charge < -0.3 is 34.1 Å². The van der Waals surface area contributed by atoms with E-state index in [2.05, 4.69) is 25.8 Å². The number of hydrogen-bond acceptors (Lipinski definition) is 9. The van der Waals surface area contributed by atoms with E-state index in [9.17, 15) is 14.7 Å². The quantitative estimate of drug-likeness (QED) is 0.263. The van der Waals surface area contributed by atoms with Gasteiger partial charge in [0.05, 0.1) is 24.6 Å². The molecule has 4 aromatic rings. The second-order valence-corrected chi connectivity index (χ2v) is 10.5. The number of fused-ring (bicyclic) bond motifs is 1. The Morgan fingerprint density at radius 3 is 2.63 bits per heavy atom. The molecule has 0 aliphatic carbocycles. The van der Waals surface area contributed by atoms with Crippen LogP contribution >= 0.6 is 0 Å². The van der Waals surface area contributed by atoms with E-state index < -0.39 is 12.1 Å². The van der Waals surface area contributed by atoms with Crippen molar-refractivity contribution in [2.75, 3.05) is 30.8 Å². The van der Waals surface area contributed by atoms with Crippen LogP contribution in [0.2, 0.25) is 0 Å². The van der Waals surface area contributed by atoms with Crippen LogP contribution in [-0.2, 0) is 5.41 Å². The topological polar surface area (TPSA) is 161 Å². The van der Waals surface area contributed by atoms with Gasteiger partial charge in [0.15, 0.2) is 17.3 Å². The van der Waals surface area contributed by atoms with Gasteiger partial charge in [-0.2, -0.15) is 0 Å². The Balaban J connectivity index is 1.32. The Kier molecular flexibility index (Phi) is 7.51. The van der Waals surface area contributed by atoms with Crippen molar-refractivity contribution in [3.8, 4) is 23.1 Å². The van der Waals surface area contributed by atoms with Gasteiger partial charge in [0, 0.05) is 42.3 Å². The van der Waals surface area contributed by atoms with Crippen LogP contribution in [0.1, 0.15) is 33.0 Å². The van der Waals surface area contributed by atoms with E-state index in [1.54, 1.807) is 42.5 Å². The van der Waals surface area contributed by atoms with Gasteiger partial charge in [-0.15, -0.1) is 0 Å². The van der Waals surface area contributed by atoms with Crippen molar-refractivity contribution < 1.29 is 33.4 Å². The van der Waals surface area contributed by atoms with Crippen molar-refractivity contribution in [3.05, 3.63) is 54.6 Å². The average molecular weight is 563 g/mol. The molecule has 2 aromatic heterocycles. The van der Waals surface area contributed by atoms with Crippen LogP contribution in [0.4, 0.5) is 21.1 Å². The molecule has 13 nitrogen and oxygen atoms in total. The highest BCUT2D eigenvalue weighted by Crippen LogP contribution is 2.37. The molecule has 1 aliphatic rings. The highest BCUT2D eigenvalue weighted by molar-refractivity contribution is 5.99. The standard InChI is InChI=1S/C28H30N6O7/c1-28(2,3)23-13-24(33-41-23)32-26(35)31-16-6-5-7-17(10-16)40-25-19-11-22(21(38-4)12-20(19)29-15-30-25)39-18-8-9-34(14-18)27(36)37/h5-7,10-13,15,18H,8-9,14H2,1-4H3,(H,36,37)(H2,31,32,33,35). The first-order valence-electron chi connectivity index (χ1n) is 12.9. The van der Waals surface area contributed by atoms with Gasteiger partial charge in [-0.05, 0) is 18.2 Å². The van der Waals surface area contributed by atoms with Crippen LogP contribution in [0.3, 0.4) is 0 Å². The summed E-state index contributed by atoms with van der Waals surface area (Å²) in [6, 6.07) is 11.4. The second kappa shape index (κ2) is 11.2. The van der Waals surface area contributed by atoms with E-state index in [4.69, 9.17) is 18.7 Å². The number of carboxylic acid groups (broad SMARTS) is 1. The van der Waals surface area contributed by atoms with Crippen LogP contribution in [0.5, 0.6) is 23.1 Å². The molecule has 41 heavy (non-hydrogen) atoms. The predicted octanol–water partition coefficient (Wildman–Crippen LogP) is 5.49. The van der Waals surface area contributed by atoms with Gasteiger partial charge in [0.1, 0.15) is 23.9 Å². The number of hydrogen-bond donors (Lipinski definition) is 3. The summed E-state index contributed by atoms with van der Waals surface area (Å²) in [5, 5.41) is 19.1. The van der Waals surface area contributed by atoms with Gasteiger partial charge in [-0.1, -0.05) is 32.0 Å². The van der Waals surface area contributed by atoms with Crippen LogP contribution in [0.15, 0.2) is 53.3 Å². The SMILES string of the molecule is COc1cc2ncnc(Oc3cccc(NC(=O)Nc4cc(C(C)(C)C)on4)c3)c2cc1OC1CCN(C(=O)O)C1. The third-order valence-corrected chi connectivity index (χ3v) is 6.39. The van der Waals surface area contributed by atoms with E-state index in [1.165, 1.54) is 18.3 Å². The van der Waals surface area contributed by atoms with Crippen molar-refractivity contribution in [2.24, 2.45) is 0 Å². The molecule has 1 atom stereocenters. The number of nitrogens with zero attached hydrogens (tertiary/aromatic N) is 4. The molecule has 5 rings (SSSR count). The lowest BCUT2D eigenvalue weighted by atomic mass is 9.93. The van der Waals surface area contributed by atoms with Crippen molar-refractivity contribution in [1.82, 2.24) is 20.0 Å². The zero-order valence-corrected chi connectivity index (χ0v) is 23.0. The lowest BCUT2D eigenvalue weighted by molar-refractivity contribution is 0.145. The lowest BCUT2D eigenvalue weighted by Crippen LogP contribution is -2.29. The summed E-state index contributed by atoms with van der Waals surface area (Å²) in [4.78, 5) is 33.8. The highest BCUT2D eigenvalue weighted by Gasteiger charge is 2.28. The van der Waals surface area contributed by atoms with Crippen molar-refractivity contribution in [2.45, 2.75) is 38.7 Å². The van der Waals surface area contributed by atoms with E-state index in [0.29, 0.717) is 58.4 Å². The van der Waals surface area contributed by atoms with Gasteiger partial charge in [-0.25, -0.2) is 19.6 Å². The fourth-order valence-corrected chi connectivity index (χ4v) is 4.27. The number of rotatable bonds is 7. The molecule has 3 N–H and O–H groups in total. The minimum Gasteiger partial charge on any atom is -0.493 e. The van der Waals surface area contributed by atoms with Gasteiger partial charge in [0.2, 0.25) is 5.88 Å². The maximum Gasteiger partial charge on any atom is 0.407 e. The first kappa shape index (κ1) is 27.5. The normalized spacial score (nSPS) is 15.0. The van der Waals surface area contributed by atoms with E-state index >= 15 is 0 Å². The first-order chi connectivity index (χ1) is 19.6. The smallest absolute Gasteiger partial charge is 0.407 e. The Hall–Kier alpha value is -5.07. The molecule has 0 spiro atoms. The number of carbonyl (C=O) groups excluding carboxylic acids is 1. The molecule has 2 aromatic carbocycles. The van der Waals surface area contributed by atoms with Crippen molar-refractivity contribution in [3.63, 3.8) is 0 Å². The number of ether oxygens (including phenoxy) is 3. The number of aromatic nitrogens is 3. The zero-order chi connectivity index (χ0) is 29.1. The summed E-state index contributed by atoms with van der Waals surface area (Å²) in [6.45, 7) is 6.61. The first-order valence-corrected chi connectivity index (χ1v) is 12.9. The van der Waals surface area contributed by atoms with Crippen LogP contribution in [0, 0.1) is 0 Å². The van der Waals surface area contributed by atoms with Crippen LogP contribution in [-0.4, -0.2) is 63.6 Å². The molecule has 0 saturated carbocycles. The minimum atomic E-state index is -0.979. The van der Waals surface area contributed by atoms with Gasteiger partial charge in [-0.3, -0.25) is 5.32 Å². The highest BCUT2D eigenvalue weighted by atomic mass is 16.5. The molecule has 1 unspecified atom stereocenters. The summed E-state index contributed by atoms with van der Waals surface area (Å²) in [5.41, 5.74) is 0.803.